The highest BCUT2D eigenvalue weighted by molar-refractivity contribution is 8.14. The van der Waals surface area contributed by atoms with Gasteiger partial charge < -0.3 is 5.32 Å². The Labute approximate surface area is 178 Å². The standard InChI is InChI=1S/C23H19FN4OS/c24-19-10-6-16(7-11-19)14-25-23-28-27-21(15-30-23)17-8-12-20(13-9-17)26-22(29)18-4-2-1-3-5-18/h1-13H,14-15H2,(H,25,28)(H,26,29). The monoisotopic (exact) mass is 418 g/mol. The molecule has 5 nitrogen and oxygen atoms in total. The number of amidine groups is 1. The first-order chi connectivity index (χ1) is 14.7. The fraction of sp³-hybridized carbons (Fsp3) is 0.0870. The van der Waals surface area contributed by atoms with Crippen molar-refractivity contribution in [2.75, 3.05) is 11.1 Å². The molecule has 2 N–H and O–H groups in total. The normalized spacial score (nSPS) is 14.7. The van der Waals surface area contributed by atoms with E-state index < -0.39 is 0 Å². The van der Waals surface area contributed by atoms with Crippen LogP contribution in [0.25, 0.3) is 0 Å². The first-order valence-electron chi connectivity index (χ1n) is 9.38. The maximum Gasteiger partial charge on any atom is 0.255 e. The summed E-state index contributed by atoms with van der Waals surface area (Å²) in [7, 11) is 0. The van der Waals surface area contributed by atoms with E-state index in [1.54, 1.807) is 36.0 Å². The largest absolute Gasteiger partial charge is 0.322 e. The van der Waals surface area contributed by atoms with Crippen LogP contribution in [0.15, 0.2) is 89.0 Å². The summed E-state index contributed by atoms with van der Waals surface area (Å²) in [6, 6.07) is 23.0. The van der Waals surface area contributed by atoms with Gasteiger partial charge in [0.1, 0.15) is 5.82 Å². The molecule has 30 heavy (non-hydrogen) atoms. The van der Waals surface area contributed by atoms with Gasteiger partial charge in [-0.15, -0.1) is 0 Å². The third-order valence-electron chi connectivity index (χ3n) is 4.46. The molecule has 0 unspecified atom stereocenters. The van der Waals surface area contributed by atoms with Crippen LogP contribution in [-0.4, -0.2) is 22.5 Å². The number of nitrogens with zero attached hydrogens (tertiary/aromatic N) is 2. The number of hydrogen-bond acceptors (Lipinski definition) is 4. The number of carbonyl (C=O) groups is 1. The van der Waals surface area contributed by atoms with E-state index in [4.69, 9.17) is 0 Å². The van der Waals surface area contributed by atoms with Crippen molar-refractivity contribution >= 4 is 34.2 Å². The van der Waals surface area contributed by atoms with Crippen molar-refractivity contribution in [1.82, 2.24) is 5.43 Å². The second kappa shape index (κ2) is 9.37. The molecule has 4 rings (SSSR count). The van der Waals surface area contributed by atoms with E-state index in [9.17, 15) is 9.18 Å². The number of rotatable bonds is 5. The maximum atomic E-state index is 13.0. The summed E-state index contributed by atoms with van der Waals surface area (Å²) in [6.07, 6.45) is 0. The smallest absolute Gasteiger partial charge is 0.255 e. The Kier molecular flexibility index (Phi) is 6.20. The number of amides is 1. The fourth-order valence-electron chi connectivity index (χ4n) is 2.84. The molecule has 3 aromatic carbocycles. The SMILES string of the molecule is O=C(Nc1ccc(C2=NNC(=NCc3ccc(F)cc3)SC2)cc1)c1ccccc1. The summed E-state index contributed by atoms with van der Waals surface area (Å²) >= 11 is 1.56. The Bertz CT molecular complexity index is 1080. The van der Waals surface area contributed by atoms with Crippen LogP contribution in [0.3, 0.4) is 0 Å². The first kappa shape index (κ1) is 19.8. The van der Waals surface area contributed by atoms with Crippen LogP contribution >= 0.6 is 11.8 Å². The summed E-state index contributed by atoms with van der Waals surface area (Å²) in [5.74, 6) is 0.291. The predicted molar refractivity (Wildman–Crippen MR) is 121 cm³/mol. The average Bonchev–Trinajstić information content (AvgIpc) is 2.80. The average molecular weight is 418 g/mol. The molecule has 0 saturated carbocycles. The van der Waals surface area contributed by atoms with E-state index in [2.05, 4.69) is 20.8 Å². The molecule has 0 bridgehead atoms. The molecule has 0 aliphatic carbocycles. The highest BCUT2D eigenvalue weighted by Gasteiger charge is 2.13. The van der Waals surface area contributed by atoms with Gasteiger partial charge >= 0.3 is 0 Å². The van der Waals surface area contributed by atoms with Gasteiger partial charge in [-0.2, -0.15) is 5.10 Å². The molecular weight excluding hydrogens is 399 g/mol. The predicted octanol–water partition coefficient (Wildman–Crippen LogP) is 4.67. The van der Waals surface area contributed by atoms with Crippen molar-refractivity contribution in [1.29, 1.82) is 0 Å². The molecule has 3 aromatic rings. The second-order valence-electron chi connectivity index (χ2n) is 6.60. The van der Waals surface area contributed by atoms with Crippen LogP contribution in [0, 0.1) is 5.82 Å². The molecule has 0 radical (unpaired) electrons. The summed E-state index contributed by atoms with van der Waals surface area (Å²) < 4.78 is 13.0. The molecule has 1 aliphatic heterocycles. The number of carbonyl (C=O) groups excluding carboxylic acids is 1. The van der Waals surface area contributed by atoms with Gasteiger partial charge in [0.25, 0.3) is 5.91 Å². The zero-order valence-electron chi connectivity index (χ0n) is 16.0. The third kappa shape index (κ3) is 5.12. The number of thioether (sulfide) groups is 1. The number of benzene rings is 3. The van der Waals surface area contributed by atoms with Crippen molar-refractivity contribution < 1.29 is 9.18 Å². The summed E-state index contributed by atoms with van der Waals surface area (Å²) in [6.45, 7) is 0.469. The van der Waals surface area contributed by atoms with E-state index in [0.29, 0.717) is 17.9 Å². The minimum atomic E-state index is -0.253. The van der Waals surface area contributed by atoms with Gasteiger partial charge in [0.05, 0.1) is 12.3 Å². The fourth-order valence-corrected chi connectivity index (χ4v) is 3.61. The summed E-state index contributed by atoms with van der Waals surface area (Å²) in [4.78, 5) is 16.7. The highest BCUT2D eigenvalue weighted by Crippen LogP contribution is 2.17. The van der Waals surface area contributed by atoms with Gasteiger partial charge in [-0.25, -0.2) is 4.39 Å². The Morgan fingerprint density at radius 3 is 2.43 bits per heavy atom. The lowest BCUT2D eigenvalue weighted by Crippen LogP contribution is -2.25. The van der Waals surface area contributed by atoms with Crippen molar-refractivity contribution in [3.63, 3.8) is 0 Å². The van der Waals surface area contributed by atoms with Gasteiger partial charge in [-0.1, -0.05) is 54.2 Å². The number of nitrogens with one attached hydrogen (secondary N) is 2. The van der Waals surface area contributed by atoms with E-state index >= 15 is 0 Å². The Hall–Kier alpha value is -3.45. The molecular formula is C23H19FN4OS. The van der Waals surface area contributed by atoms with Crippen LogP contribution in [-0.2, 0) is 6.54 Å². The van der Waals surface area contributed by atoms with Gasteiger partial charge in [-0.3, -0.25) is 15.2 Å². The second-order valence-corrected chi connectivity index (χ2v) is 7.57. The zero-order valence-corrected chi connectivity index (χ0v) is 16.8. The Morgan fingerprint density at radius 1 is 1.03 bits per heavy atom. The van der Waals surface area contributed by atoms with Crippen LogP contribution < -0.4 is 10.7 Å². The number of hydrogen-bond donors (Lipinski definition) is 2. The molecule has 0 atom stereocenters. The topological polar surface area (TPSA) is 65.8 Å². The van der Waals surface area contributed by atoms with E-state index in [1.807, 2.05) is 42.5 Å². The third-order valence-corrected chi connectivity index (χ3v) is 5.37. The minimum Gasteiger partial charge on any atom is -0.322 e. The van der Waals surface area contributed by atoms with Crippen LogP contribution in [0.4, 0.5) is 10.1 Å². The van der Waals surface area contributed by atoms with E-state index in [-0.39, 0.29) is 11.7 Å². The lowest BCUT2D eigenvalue weighted by molar-refractivity contribution is 0.102. The van der Waals surface area contributed by atoms with Gasteiger partial charge in [0, 0.05) is 17.0 Å². The van der Waals surface area contributed by atoms with Crippen LogP contribution in [0.5, 0.6) is 0 Å². The lowest BCUT2D eigenvalue weighted by atomic mass is 10.1. The van der Waals surface area contributed by atoms with E-state index in [1.165, 1.54) is 12.1 Å². The molecule has 0 spiro atoms. The number of anilines is 1. The molecule has 1 heterocycles. The lowest BCUT2D eigenvalue weighted by Gasteiger charge is -2.15. The molecule has 1 aliphatic rings. The summed E-state index contributed by atoms with van der Waals surface area (Å²) in [5, 5.41) is 8.03. The molecule has 0 fully saturated rings. The van der Waals surface area contributed by atoms with E-state index in [0.717, 1.165) is 27.7 Å². The van der Waals surface area contributed by atoms with Crippen molar-refractivity contribution in [2.24, 2.45) is 10.1 Å². The van der Waals surface area contributed by atoms with Gasteiger partial charge in [0.15, 0.2) is 5.17 Å². The number of halogens is 1. The Morgan fingerprint density at radius 2 is 1.77 bits per heavy atom. The highest BCUT2D eigenvalue weighted by atomic mass is 32.2. The first-order valence-corrected chi connectivity index (χ1v) is 10.4. The van der Waals surface area contributed by atoms with Crippen LogP contribution in [0.2, 0.25) is 0 Å². The molecule has 7 heteroatoms. The zero-order chi connectivity index (χ0) is 20.8. The van der Waals surface area contributed by atoms with Gasteiger partial charge in [-0.05, 0) is 47.5 Å². The van der Waals surface area contributed by atoms with Crippen LogP contribution in [0.1, 0.15) is 21.5 Å². The molecule has 1 amide bonds. The quantitative estimate of drug-likeness (QED) is 0.633. The maximum absolute atomic E-state index is 13.0. The van der Waals surface area contributed by atoms with Crippen molar-refractivity contribution in [2.45, 2.75) is 6.54 Å². The Balaban J connectivity index is 1.35. The molecule has 0 saturated heterocycles. The number of aliphatic imine (C=N–C) groups is 1. The molecule has 150 valence electrons. The molecule has 0 aromatic heterocycles. The van der Waals surface area contributed by atoms with Gasteiger partial charge in [0.2, 0.25) is 0 Å². The summed E-state index contributed by atoms with van der Waals surface area (Å²) in [5.41, 5.74) is 7.14. The van der Waals surface area contributed by atoms with Crippen molar-refractivity contribution in [3.8, 4) is 0 Å². The van der Waals surface area contributed by atoms with Crippen molar-refractivity contribution in [3.05, 3.63) is 101 Å². The number of hydrazone groups is 1. The minimum absolute atomic E-state index is 0.141.